The Kier molecular flexibility index (Phi) is 6.08. The second kappa shape index (κ2) is 6.87. The minimum atomic E-state index is -2.88. The zero-order valence-electron chi connectivity index (χ0n) is 11.8. The maximum Gasteiger partial charge on any atom is 0.152 e. The average Bonchev–Trinajstić information content (AvgIpc) is 2.66. The molecule has 0 saturated carbocycles. The van der Waals surface area contributed by atoms with Crippen molar-refractivity contribution < 1.29 is 8.42 Å². The largest absolute Gasteiger partial charge is 0.329 e. The van der Waals surface area contributed by atoms with Gasteiger partial charge in [-0.2, -0.15) is 0 Å². The van der Waals surface area contributed by atoms with Crippen LogP contribution in [0.2, 0.25) is 0 Å². The van der Waals surface area contributed by atoms with Gasteiger partial charge in [0.2, 0.25) is 0 Å². The lowest BCUT2D eigenvalue weighted by Crippen LogP contribution is -2.55. The molecule has 2 N–H and O–H groups in total. The quantitative estimate of drug-likeness (QED) is 0.728. The maximum absolute atomic E-state index is 11.8. The Bertz CT molecular complexity index is 335. The van der Waals surface area contributed by atoms with Crippen LogP contribution in [0.3, 0.4) is 0 Å². The minimum absolute atomic E-state index is 0.254. The Balaban J connectivity index is 2.79. The summed E-state index contributed by atoms with van der Waals surface area (Å²) in [5.74, 6) is 0.558. The molecule has 0 amide bonds. The van der Waals surface area contributed by atoms with Crippen LogP contribution in [-0.4, -0.2) is 50.0 Å². The van der Waals surface area contributed by atoms with Crippen molar-refractivity contribution in [3.8, 4) is 0 Å². The smallest absolute Gasteiger partial charge is 0.152 e. The van der Waals surface area contributed by atoms with Gasteiger partial charge in [-0.25, -0.2) is 8.42 Å². The summed E-state index contributed by atoms with van der Waals surface area (Å²) >= 11 is 0. The van der Waals surface area contributed by atoms with E-state index in [0.29, 0.717) is 18.7 Å². The van der Waals surface area contributed by atoms with Crippen LogP contribution in [0.4, 0.5) is 0 Å². The third-order valence-corrected chi connectivity index (χ3v) is 5.78. The minimum Gasteiger partial charge on any atom is -0.329 e. The molecule has 0 radical (unpaired) electrons. The number of rotatable bonds is 8. The first kappa shape index (κ1) is 15.9. The summed E-state index contributed by atoms with van der Waals surface area (Å²) in [6.45, 7) is 6.74. The molecule has 0 aliphatic carbocycles. The second-order valence-corrected chi connectivity index (χ2v) is 7.65. The zero-order chi connectivity index (χ0) is 13.6. The molecule has 1 aliphatic rings. The van der Waals surface area contributed by atoms with Gasteiger partial charge in [0.25, 0.3) is 0 Å². The molecule has 1 heterocycles. The van der Waals surface area contributed by atoms with Crippen LogP contribution in [0.5, 0.6) is 0 Å². The number of hydrogen-bond donors (Lipinski definition) is 1. The molecule has 0 bridgehead atoms. The van der Waals surface area contributed by atoms with Gasteiger partial charge in [0.05, 0.1) is 11.5 Å². The van der Waals surface area contributed by atoms with Crippen molar-refractivity contribution in [3.05, 3.63) is 0 Å². The zero-order valence-corrected chi connectivity index (χ0v) is 12.6. The van der Waals surface area contributed by atoms with Crippen molar-refractivity contribution in [2.24, 2.45) is 5.73 Å². The van der Waals surface area contributed by atoms with E-state index in [0.717, 1.165) is 38.8 Å². The number of hydrogen-bond acceptors (Lipinski definition) is 4. The molecule has 1 rings (SSSR count). The first-order valence-electron chi connectivity index (χ1n) is 7.15. The second-order valence-electron chi connectivity index (χ2n) is 5.46. The third-order valence-electron chi connectivity index (χ3n) is 3.98. The van der Waals surface area contributed by atoms with Gasteiger partial charge in [0.15, 0.2) is 9.84 Å². The monoisotopic (exact) mass is 276 g/mol. The van der Waals surface area contributed by atoms with Gasteiger partial charge >= 0.3 is 0 Å². The molecule has 1 unspecified atom stereocenters. The summed E-state index contributed by atoms with van der Waals surface area (Å²) < 4.78 is 23.5. The van der Waals surface area contributed by atoms with Gasteiger partial charge in [-0.3, -0.25) is 4.90 Å². The summed E-state index contributed by atoms with van der Waals surface area (Å²) in [5, 5.41) is 0. The van der Waals surface area contributed by atoms with E-state index in [1.54, 1.807) is 0 Å². The average molecular weight is 276 g/mol. The van der Waals surface area contributed by atoms with Gasteiger partial charge in [0, 0.05) is 12.1 Å². The summed E-state index contributed by atoms with van der Waals surface area (Å²) in [6.07, 6.45) is 5.21. The predicted molar refractivity (Wildman–Crippen MR) is 76.4 cm³/mol. The molecule has 0 aromatic rings. The molecule has 108 valence electrons. The fourth-order valence-electron chi connectivity index (χ4n) is 2.72. The molecule has 0 aromatic heterocycles. The first-order chi connectivity index (χ1) is 8.49. The molecule has 1 aliphatic heterocycles. The standard InChI is InChI=1S/C13H28N2O2S/c1-3-5-8-15(9-6-4-2)13(11-14)7-10-18(16,17)12-13/h3-12,14H2,1-2H3. The van der Waals surface area contributed by atoms with Crippen LogP contribution in [0, 0.1) is 0 Å². The summed E-state index contributed by atoms with van der Waals surface area (Å²) in [7, 11) is -2.88. The highest BCUT2D eigenvalue weighted by Crippen LogP contribution is 2.29. The Morgan fingerprint density at radius 2 is 1.72 bits per heavy atom. The highest BCUT2D eigenvalue weighted by Gasteiger charge is 2.44. The van der Waals surface area contributed by atoms with Crippen molar-refractivity contribution in [1.82, 2.24) is 4.90 Å². The Morgan fingerprint density at radius 1 is 1.17 bits per heavy atom. The first-order valence-corrected chi connectivity index (χ1v) is 8.97. The van der Waals surface area contributed by atoms with Crippen LogP contribution < -0.4 is 5.73 Å². The molecule has 4 nitrogen and oxygen atoms in total. The van der Waals surface area contributed by atoms with Gasteiger partial charge in [-0.05, 0) is 32.4 Å². The van der Waals surface area contributed by atoms with Crippen LogP contribution in [0.15, 0.2) is 0 Å². The van der Waals surface area contributed by atoms with E-state index in [9.17, 15) is 8.42 Å². The van der Waals surface area contributed by atoms with Crippen molar-refractivity contribution in [3.63, 3.8) is 0 Å². The number of sulfone groups is 1. The lowest BCUT2D eigenvalue weighted by molar-refractivity contribution is 0.112. The van der Waals surface area contributed by atoms with Gasteiger partial charge in [0.1, 0.15) is 0 Å². The van der Waals surface area contributed by atoms with E-state index >= 15 is 0 Å². The van der Waals surface area contributed by atoms with Crippen LogP contribution >= 0.6 is 0 Å². The SMILES string of the molecule is CCCCN(CCCC)C1(CN)CCS(=O)(=O)C1. The maximum atomic E-state index is 11.8. The summed E-state index contributed by atoms with van der Waals surface area (Å²) in [4.78, 5) is 2.35. The molecular weight excluding hydrogens is 248 g/mol. The molecule has 1 saturated heterocycles. The van der Waals surface area contributed by atoms with E-state index in [4.69, 9.17) is 5.73 Å². The van der Waals surface area contributed by atoms with E-state index in [1.807, 2.05) is 0 Å². The summed E-state index contributed by atoms with van der Waals surface area (Å²) in [6, 6.07) is 0. The molecule has 5 heteroatoms. The van der Waals surface area contributed by atoms with Crippen molar-refractivity contribution in [2.75, 3.05) is 31.1 Å². The van der Waals surface area contributed by atoms with Crippen LogP contribution in [-0.2, 0) is 9.84 Å². The fraction of sp³-hybridized carbons (Fsp3) is 1.00. The molecule has 0 spiro atoms. The molecule has 18 heavy (non-hydrogen) atoms. The molecule has 1 atom stereocenters. The van der Waals surface area contributed by atoms with E-state index < -0.39 is 9.84 Å². The summed E-state index contributed by atoms with van der Waals surface area (Å²) in [5.41, 5.74) is 5.64. The molecule has 1 fully saturated rings. The molecular formula is C13H28N2O2S. The lowest BCUT2D eigenvalue weighted by Gasteiger charge is -2.40. The van der Waals surface area contributed by atoms with Crippen LogP contribution in [0.25, 0.3) is 0 Å². The molecule has 0 aromatic carbocycles. The highest BCUT2D eigenvalue weighted by molar-refractivity contribution is 7.91. The lowest BCUT2D eigenvalue weighted by atomic mass is 9.95. The van der Waals surface area contributed by atoms with Crippen molar-refractivity contribution >= 4 is 9.84 Å². The Morgan fingerprint density at radius 3 is 2.06 bits per heavy atom. The number of nitrogens with two attached hydrogens (primary N) is 1. The van der Waals surface area contributed by atoms with E-state index in [1.165, 1.54) is 0 Å². The van der Waals surface area contributed by atoms with E-state index in [2.05, 4.69) is 18.7 Å². The van der Waals surface area contributed by atoms with Crippen molar-refractivity contribution in [2.45, 2.75) is 51.5 Å². The Labute approximate surface area is 112 Å². The van der Waals surface area contributed by atoms with Crippen LogP contribution in [0.1, 0.15) is 46.0 Å². The fourth-order valence-corrected chi connectivity index (χ4v) is 4.82. The van der Waals surface area contributed by atoms with Gasteiger partial charge < -0.3 is 5.73 Å². The number of unbranched alkanes of at least 4 members (excludes halogenated alkanes) is 2. The van der Waals surface area contributed by atoms with Gasteiger partial charge in [-0.1, -0.05) is 26.7 Å². The van der Waals surface area contributed by atoms with Crippen molar-refractivity contribution in [1.29, 1.82) is 0 Å². The highest BCUT2D eigenvalue weighted by atomic mass is 32.2. The Hall–Kier alpha value is -0.130. The topological polar surface area (TPSA) is 63.4 Å². The number of nitrogens with zero attached hydrogens (tertiary/aromatic N) is 1. The normalized spacial score (nSPS) is 26.9. The predicted octanol–water partition coefficient (Wildman–Crippen LogP) is 1.40. The van der Waals surface area contributed by atoms with E-state index in [-0.39, 0.29) is 11.3 Å². The van der Waals surface area contributed by atoms with Gasteiger partial charge in [-0.15, -0.1) is 0 Å². The third kappa shape index (κ3) is 3.93.